The zero-order chi connectivity index (χ0) is 14.7. The van der Waals surface area contributed by atoms with Crippen molar-refractivity contribution in [2.75, 3.05) is 0 Å². The Morgan fingerprint density at radius 3 is 2.30 bits per heavy atom. The number of carboxylic acid groups (broad SMARTS) is 1. The molecule has 0 radical (unpaired) electrons. The molecule has 0 aliphatic heterocycles. The molecule has 6 heteroatoms. The van der Waals surface area contributed by atoms with Gasteiger partial charge in [-0.15, -0.1) is 0 Å². The molecule has 2 aromatic rings. The van der Waals surface area contributed by atoms with Gasteiger partial charge < -0.3 is 9.84 Å². The highest BCUT2D eigenvalue weighted by atomic mass is 35.5. The fourth-order valence-electron chi connectivity index (χ4n) is 1.60. The maximum absolute atomic E-state index is 10.9. The van der Waals surface area contributed by atoms with Crippen LogP contribution in [0.2, 0.25) is 15.1 Å². The topological polar surface area (TPSA) is 46.5 Å². The summed E-state index contributed by atoms with van der Waals surface area (Å²) in [7, 11) is 0. The van der Waals surface area contributed by atoms with Crippen molar-refractivity contribution in [3.8, 4) is 5.75 Å². The molecule has 104 valence electrons. The van der Waals surface area contributed by atoms with Gasteiger partial charge in [-0.1, -0.05) is 46.9 Å². The SMILES string of the molecule is O=C(O)c1cc(Cl)c(OCc2cccc(Cl)c2)c(Cl)c1. The Morgan fingerprint density at radius 2 is 1.75 bits per heavy atom. The molecule has 0 saturated carbocycles. The molecule has 0 bridgehead atoms. The zero-order valence-electron chi connectivity index (χ0n) is 10.1. The van der Waals surface area contributed by atoms with E-state index in [-0.39, 0.29) is 28.0 Å². The fraction of sp³-hybridized carbons (Fsp3) is 0.0714. The van der Waals surface area contributed by atoms with E-state index in [1.54, 1.807) is 18.2 Å². The first-order valence-corrected chi connectivity index (χ1v) is 6.70. The van der Waals surface area contributed by atoms with Crippen molar-refractivity contribution in [2.45, 2.75) is 6.61 Å². The van der Waals surface area contributed by atoms with E-state index in [2.05, 4.69) is 0 Å². The molecule has 0 aliphatic rings. The maximum atomic E-state index is 10.9. The second-order valence-electron chi connectivity index (χ2n) is 3.99. The van der Waals surface area contributed by atoms with E-state index in [1.165, 1.54) is 12.1 Å². The molecular formula is C14H9Cl3O3. The van der Waals surface area contributed by atoms with Crippen molar-refractivity contribution in [3.63, 3.8) is 0 Å². The summed E-state index contributed by atoms with van der Waals surface area (Å²) in [5, 5.41) is 9.79. The van der Waals surface area contributed by atoms with Gasteiger partial charge in [0.25, 0.3) is 0 Å². The highest BCUT2D eigenvalue weighted by Gasteiger charge is 2.13. The Hall–Kier alpha value is -1.42. The molecule has 0 heterocycles. The van der Waals surface area contributed by atoms with E-state index in [0.717, 1.165) is 5.56 Å². The van der Waals surface area contributed by atoms with Crippen LogP contribution in [-0.2, 0) is 6.61 Å². The number of hydrogen-bond donors (Lipinski definition) is 1. The van der Waals surface area contributed by atoms with Crippen molar-refractivity contribution >= 4 is 40.8 Å². The van der Waals surface area contributed by atoms with Gasteiger partial charge in [-0.25, -0.2) is 4.79 Å². The number of ether oxygens (including phenoxy) is 1. The van der Waals surface area contributed by atoms with Gasteiger partial charge in [0.2, 0.25) is 0 Å². The van der Waals surface area contributed by atoms with Crippen molar-refractivity contribution < 1.29 is 14.6 Å². The van der Waals surface area contributed by atoms with E-state index < -0.39 is 5.97 Å². The van der Waals surface area contributed by atoms with Crippen LogP contribution in [0.4, 0.5) is 0 Å². The minimum Gasteiger partial charge on any atom is -0.486 e. The molecule has 0 fully saturated rings. The van der Waals surface area contributed by atoms with E-state index in [4.69, 9.17) is 44.6 Å². The quantitative estimate of drug-likeness (QED) is 0.864. The second kappa shape index (κ2) is 6.35. The summed E-state index contributed by atoms with van der Waals surface area (Å²) in [6, 6.07) is 9.75. The molecule has 2 aromatic carbocycles. The lowest BCUT2D eigenvalue weighted by molar-refractivity contribution is 0.0697. The van der Waals surface area contributed by atoms with Crippen LogP contribution in [0.3, 0.4) is 0 Å². The molecule has 1 N–H and O–H groups in total. The number of rotatable bonds is 4. The van der Waals surface area contributed by atoms with Crippen LogP contribution in [-0.4, -0.2) is 11.1 Å². The molecule has 2 rings (SSSR count). The normalized spacial score (nSPS) is 10.3. The lowest BCUT2D eigenvalue weighted by Gasteiger charge is -2.11. The Morgan fingerprint density at radius 1 is 1.10 bits per heavy atom. The minimum atomic E-state index is -1.10. The summed E-state index contributed by atoms with van der Waals surface area (Å²) in [6.07, 6.45) is 0. The van der Waals surface area contributed by atoms with E-state index in [1.807, 2.05) is 6.07 Å². The molecule has 3 nitrogen and oxygen atoms in total. The largest absolute Gasteiger partial charge is 0.486 e. The summed E-state index contributed by atoms with van der Waals surface area (Å²) in [5.41, 5.74) is 0.863. The van der Waals surface area contributed by atoms with Crippen molar-refractivity contribution in [3.05, 3.63) is 62.6 Å². The predicted octanol–water partition coefficient (Wildman–Crippen LogP) is 4.92. The molecule has 0 spiro atoms. The highest BCUT2D eigenvalue weighted by molar-refractivity contribution is 6.37. The Labute approximate surface area is 130 Å². The molecule has 0 aromatic heterocycles. The first-order valence-electron chi connectivity index (χ1n) is 5.57. The summed E-state index contributed by atoms with van der Waals surface area (Å²) >= 11 is 17.8. The van der Waals surface area contributed by atoms with Crippen LogP contribution in [0.1, 0.15) is 15.9 Å². The van der Waals surface area contributed by atoms with Crippen LogP contribution in [0.5, 0.6) is 5.75 Å². The number of carboxylic acids is 1. The third kappa shape index (κ3) is 3.57. The van der Waals surface area contributed by atoms with Crippen LogP contribution in [0.15, 0.2) is 36.4 Å². The summed E-state index contributed by atoms with van der Waals surface area (Å²) in [6.45, 7) is 0.229. The third-order valence-corrected chi connectivity index (χ3v) is 3.31. The van der Waals surface area contributed by atoms with Gasteiger partial charge in [0, 0.05) is 5.02 Å². The molecule has 0 unspecified atom stereocenters. The van der Waals surface area contributed by atoms with Crippen LogP contribution >= 0.6 is 34.8 Å². The zero-order valence-corrected chi connectivity index (χ0v) is 12.3. The van der Waals surface area contributed by atoms with Crippen molar-refractivity contribution in [2.24, 2.45) is 0 Å². The smallest absolute Gasteiger partial charge is 0.335 e. The predicted molar refractivity (Wildman–Crippen MR) is 79.2 cm³/mol. The van der Waals surface area contributed by atoms with Crippen LogP contribution in [0, 0.1) is 0 Å². The summed E-state index contributed by atoms with van der Waals surface area (Å²) < 4.78 is 5.53. The monoisotopic (exact) mass is 330 g/mol. The number of hydrogen-bond acceptors (Lipinski definition) is 2. The van der Waals surface area contributed by atoms with Gasteiger partial charge in [-0.05, 0) is 29.8 Å². The van der Waals surface area contributed by atoms with E-state index in [9.17, 15) is 4.79 Å². The highest BCUT2D eigenvalue weighted by Crippen LogP contribution is 2.34. The molecule has 0 amide bonds. The number of benzene rings is 2. The van der Waals surface area contributed by atoms with Gasteiger partial charge in [-0.2, -0.15) is 0 Å². The Balaban J connectivity index is 2.20. The molecular weight excluding hydrogens is 323 g/mol. The van der Waals surface area contributed by atoms with Gasteiger partial charge in [-0.3, -0.25) is 0 Å². The first-order chi connectivity index (χ1) is 9.47. The van der Waals surface area contributed by atoms with Crippen LogP contribution < -0.4 is 4.74 Å². The van der Waals surface area contributed by atoms with Gasteiger partial charge >= 0.3 is 5.97 Å². The first kappa shape index (κ1) is 15.0. The maximum Gasteiger partial charge on any atom is 0.335 e. The fourth-order valence-corrected chi connectivity index (χ4v) is 2.41. The third-order valence-electron chi connectivity index (χ3n) is 2.52. The number of carbonyl (C=O) groups is 1. The molecule has 0 saturated heterocycles. The number of aromatic carboxylic acids is 1. The summed E-state index contributed by atoms with van der Waals surface area (Å²) in [5.74, 6) is -0.853. The van der Waals surface area contributed by atoms with Gasteiger partial charge in [0.1, 0.15) is 6.61 Å². The number of halogens is 3. The van der Waals surface area contributed by atoms with Crippen molar-refractivity contribution in [1.82, 2.24) is 0 Å². The Bertz CT molecular complexity index is 633. The molecule has 0 aliphatic carbocycles. The standard InChI is InChI=1S/C14H9Cl3O3/c15-10-3-1-2-8(4-10)7-20-13-11(16)5-9(14(18)19)6-12(13)17/h1-6H,7H2,(H,18,19). The van der Waals surface area contributed by atoms with E-state index in [0.29, 0.717) is 5.02 Å². The van der Waals surface area contributed by atoms with Crippen molar-refractivity contribution in [1.29, 1.82) is 0 Å². The average Bonchev–Trinajstić information content (AvgIpc) is 2.37. The molecule has 20 heavy (non-hydrogen) atoms. The second-order valence-corrected chi connectivity index (χ2v) is 5.24. The summed E-state index contributed by atoms with van der Waals surface area (Å²) in [4.78, 5) is 10.9. The minimum absolute atomic E-state index is 0.00936. The lowest BCUT2D eigenvalue weighted by Crippen LogP contribution is -2.00. The Kier molecular flexibility index (Phi) is 4.76. The van der Waals surface area contributed by atoms with Crippen LogP contribution in [0.25, 0.3) is 0 Å². The van der Waals surface area contributed by atoms with E-state index >= 15 is 0 Å². The molecule has 0 atom stereocenters. The average molecular weight is 332 g/mol. The lowest BCUT2D eigenvalue weighted by atomic mass is 10.2. The van der Waals surface area contributed by atoms with Gasteiger partial charge in [0.05, 0.1) is 15.6 Å². The van der Waals surface area contributed by atoms with Gasteiger partial charge in [0.15, 0.2) is 5.75 Å².